The van der Waals surface area contributed by atoms with Crippen LogP contribution in [-0.2, 0) is 15.0 Å². The molecule has 0 aliphatic carbocycles. The summed E-state index contributed by atoms with van der Waals surface area (Å²) < 4.78 is 1.65. The number of nitrogens with zero attached hydrogens (tertiary/aromatic N) is 4. The van der Waals surface area contributed by atoms with E-state index in [2.05, 4.69) is 36.2 Å². The van der Waals surface area contributed by atoms with E-state index >= 15 is 0 Å². The lowest BCUT2D eigenvalue weighted by atomic mass is 9.92. The summed E-state index contributed by atoms with van der Waals surface area (Å²) in [6, 6.07) is 15.1. The number of nitrogens with one attached hydrogen (secondary N) is 1. The SMILES string of the molecule is CC(C)(C)c1cc(NC(=O)/C=C/c2ccc(N3CCCC3=O)cc2)n(-c2ccccn2)n1. The highest BCUT2D eigenvalue weighted by molar-refractivity contribution is 6.01. The van der Waals surface area contributed by atoms with Gasteiger partial charge in [-0.1, -0.05) is 39.0 Å². The predicted octanol–water partition coefficient (Wildman–Crippen LogP) is 4.34. The highest BCUT2D eigenvalue weighted by Gasteiger charge is 2.22. The molecule has 0 radical (unpaired) electrons. The molecule has 2 aromatic heterocycles. The minimum absolute atomic E-state index is 0.159. The van der Waals surface area contributed by atoms with Gasteiger partial charge in [0.2, 0.25) is 11.8 Å². The molecule has 0 spiro atoms. The lowest BCUT2D eigenvalue weighted by molar-refractivity contribution is -0.117. The van der Waals surface area contributed by atoms with Gasteiger partial charge in [0.1, 0.15) is 5.82 Å². The van der Waals surface area contributed by atoms with E-state index in [1.165, 1.54) is 6.08 Å². The number of hydrogen-bond acceptors (Lipinski definition) is 4. The maximum absolute atomic E-state index is 12.6. The van der Waals surface area contributed by atoms with Crippen molar-refractivity contribution in [3.63, 3.8) is 0 Å². The van der Waals surface area contributed by atoms with Crippen LogP contribution >= 0.6 is 0 Å². The fourth-order valence-electron chi connectivity index (χ4n) is 3.52. The first-order valence-electron chi connectivity index (χ1n) is 10.7. The summed E-state index contributed by atoms with van der Waals surface area (Å²) >= 11 is 0. The Morgan fingerprint density at radius 2 is 1.91 bits per heavy atom. The maximum atomic E-state index is 12.6. The molecular weight excluding hydrogens is 402 g/mol. The molecule has 1 aromatic carbocycles. The Labute approximate surface area is 187 Å². The van der Waals surface area contributed by atoms with Crippen molar-refractivity contribution in [1.82, 2.24) is 14.8 Å². The zero-order chi connectivity index (χ0) is 22.7. The van der Waals surface area contributed by atoms with E-state index in [9.17, 15) is 9.59 Å². The van der Waals surface area contributed by atoms with Crippen LogP contribution in [0.2, 0.25) is 0 Å². The summed E-state index contributed by atoms with van der Waals surface area (Å²) in [5.74, 6) is 1.09. The molecule has 0 saturated carbocycles. The first kappa shape index (κ1) is 21.5. The highest BCUT2D eigenvalue weighted by atomic mass is 16.2. The Bertz CT molecular complexity index is 1140. The van der Waals surface area contributed by atoms with Crippen LogP contribution in [0.5, 0.6) is 0 Å². The first-order valence-corrected chi connectivity index (χ1v) is 10.7. The molecule has 4 rings (SSSR count). The lowest BCUT2D eigenvalue weighted by Crippen LogP contribution is -2.23. The second-order valence-electron chi connectivity index (χ2n) is 8.83. The molecule has 0 bridgehead atoms. The van der Waals surface area contributed by atoms with E-state index in [1.807, 2.05) is 48.5 Å². The van der Waals surface area contributed by atoms with Crippen LogP contribution in [0, 0.1) is 0 Å². The number of pyridine rings is 1. The van der Waals surface area contributed by atoms with Crippen molar-refractivity contribution in [3.05, 3.63) is 72.1 Å². The van der Waals surface area contributed by atoms with Gasteiger partial charge in [-0.15, -0.1) is 0 Å². The molecule has 1 saturated heterocycles. The maximum Gasteiger partial charge on any atom is 0.249 e. The van der Waals surface area contributed by atoms with Crippen molar-refractivity contribution >= 4 is 29.4 Å². The van der Waals surface area contributed by atoms with Crippen LogP contribution in [0.25, 0.3) is 11.9 Å². The number of aromatic nitrogens is 3. The fraction of sp³-hybridized carbons (Fsp3) is 0.280. The molecule has 7 nitrogen and oxygen atoms in total. The minimum Gasteiger partial charge on any atom is -0.312 e. The third-order valence-corrected chi connectivity index (χ3v) is 5.30. The standard InChI is InChI=1S/C25H27N5O2/c1-25(2,3)20-17-22(30(28-20)21-7-4-5-15-26-21)27-23(31)14-11-18-9-12-19(13-10-18)29-16-6-8-24(29)32/h4-5,7,9-15,17H,6,8,16H2,1-3H3,(H,27,31)/b14-11+. The fourth-order valence-corrected chi connectivity index (χ4v) is 3.52. The van der Waals surface area contributed by atoms with Crippen LogP contribution in [0.4, 0.5) is 11.5 Å². The van der Waals surface area contributed by atoms with Crippen molar-refractivity contribution in [1.29, 1.82) is 0 Å². The van der Waals surface area contributed by atoms with Crippen molar-refractivity contribution in [2.45, 2.75) is 39.0 Å². The average Bonchev–Trinajstić information content (AvgIpc) is 3.39. The number of amides is 2. The third kappa shape index (κ3) is 4.77. The monoisotopic (exact) mass is 429 g/mol. The number of rotatable bonds is 5. The number of carbonyl (C=O) groups is 2. The van der Waals surface area contributed by atoms with Gasteiger partial charge in [0.25, 0.3) is 0 Å². The van der Waals surface area contributed by atoms with Gasteiger partial charge in [-0.05, 0) is 42.3 Å². The van der Waals surface area contributed by atoms with Crippen molar-refractivity contribution in [2.75, 3.05) is 16.8 Å². The highest BCUT2D eigenvalue weighted by Crippen LogP contribution is 2.26. The topological polar surface area (TPSA) is 80.1 Å². The summed E-state index contributed by atoms with van der Waals surface area (Å²) in [6.45, 7) is 6.98. The molecule has 3 heterocycles. The van der Waals surface area contributed by atoms with Gasteiger partial charge in [0.05, 0.1) is 5.69 Å². The first-order chi connectivity index (χ1) is 15.3. The smallest absolute Gasteiger partial charge is 0.249 e. The third-order valence-electron chi connectivity index (χ3n) is 5.30. The number of hydrogen-bond donors (Lipinski definition) is 1. The quantitative estimate of drug-likeness (QED) is 0.612. The van der Waals surface area contributed by atoms with Crippen LogP contribution in [0.1, 0.15) is 44.9 Å². The van der Waals surface area contributed by atoms with Crippen LogP contribution in [0.3, 0.4) is 0 Å². The van der Waals surface area contributed by atoms with E-state index < -0.39 is 0 Å². The molecular formula is C25H27N5O2. The molecule has 1 aliphatic rings. The van der Waals surface area contributed by atoms with E-state index in [4.69, 9.17) is 0 Å². The Morgan fingerprint density at radius 1 is 1.12 bits per heavy atom. The van der Waals surface area contributed by atoms with Gasteiger partial charge in [0, 0.05) is 42.4 Å². The Hall–Kier alpha value is -3.74. The summed E-state index contributed by atoms with van der Waals surface area (Å²) in [5.41, 5.74) is 2.45. The second kappa shape index (κ2) is 8.78. The molecule has 32 heavy (non-hydrogen) atoms. The van der Waals surface area contributed by atoms with E-state index in [0.29, 0.717) is 18.1 Å². The second-order valence-corrected chi connectivity index (χ2v) is 8.83. The number of benzene rings is 1. The van der Waals surface area contributed by atoms with E-state index in [-0.39, 0.29) is 17.2 Å². The Kier molecular flexibility index (Phi) is 5.90. The van der Waals surface area contributed by atoms with Gasteiger partial charge < -0.3 is 10.2 Å². The van der Waals surface area contributed by atoms with Crippen molar-refractivity contribution in [2.24, 2.45) is 0 Å². The molecule has 3 aromatic rings. The summed E-state index contributed by atoms with van der Waals surface area (Å²) in [6.07, 6.45) is 6.43. The molecule has 164 valence electrons. The van der Waals surface area contributed by atoms with Gasteiger partial charge in [-0.25, -0.2) is 4.98 Å². The summed E-state index contributed by atoms with van der Waals surface area (Å²) in [4.78, 5) is 30.7. The van der Waals surface area contributed by atoms with Gasteiger partial charge in [0.15, 0.2) is 5.82 Å². The molecule has 1 N–H and O–H groups in total. The Balaban J connectivity index is 1.49. The van der Waals surface area contributed by atoms with E-state index in [0.717, 1.165) is 29.9 Å². The van der Waals surface area contributed by atoms with Gasteiger partial charge >= 0.3 is 0 Å². The minimum atomic E-state index is -0.263. The largest absolute Gasteiger partial charge is 0.312 e. The van der Waals surface area contributed by atoms with Crippen LogP contribution in [0.15, 0.2) is 60.8 Å². The summed E-state index contributed by atoms with van der Waals surface area (Å²) in [7, 11) is 0. The molecule has 1 aliphatic heterocycles. The Morgan fingerprint density at radius 3 is 2.53 bits per heavy atom. The molecule has 1 fully saturated rings. The lowest BCUT2D eigenvalue weighted by Gasteiger charge is -2.15. The van der Waals surface area contributed by atoms with Gasteiger partial charge in [-0.2, -0.15) is 9.78 Å². The molecule has 0 unspecified atom stereocenters. The zero-order valence-electron chi connectivity index (χ0n) is 18.6. The average molecular weight is 430 g/mol. The number of anilines is 2. The summed E-state index contributed by atoms with van der Waals surface area (Å²) in [5, 5.41) is 7.58. The molecule has 0 atom stereocenters. The normalized spacial score (nSPS) is 14.3. The molecule has 7 heteroatoms. The van der Waals surface area contributed by atoms with Crippen LogP contribution < -0.4 is 10.2 Å². The van der Waals surface area contributed by atoms with Gasteiger partial charge in [-0.3, -0.25) is 9.59 Å². The van der Waals surface area contributed by atoms with Crippen molar-refractivity contribution in [3.8, 4) is 5.82 Å². The zero-order valence-corrected chi connectivity index (χ0v) is 18.6. The van der Waals surface area contributed by atoms with Crippen LogP contribution in [-0.4, -0.2) is 33.1 Å². The van der Waals surface area contributed by atoms with E-state index in [1.54, 1.807) is 21.9 Å². The number of carbonyl (C=O) groups excluding carboxylic acids is 2. The predicted molar refractivity (Wildman–Crippen MR) is 126 cm³/mol. The van der Waals surface area contributed by atoms with Crippen molar-refractivity contribution < 1.29 is 9.59 Å². The molecule has 2 amide bonds.